The SMILES string of the molecule is O=C(NC1CCCSC1)N1CCc2[nH]cnc2C1c1ccccc1. The molecule has 1 fully saturated rings. The lowest BCUT2D eigenvalue weighted by molar-refractivity contribution is 0.175. The van der Waals surface area contributed by atoms with E-state index in [1.807, 2.05) is 34.9 Å². The Morgan fingerprint density at radius 2 is 2.21 bits per heavy atom. The zero-order valence-corrected chi connectivity index (χ0v) is 14.4. The molecule has 1 saturated heterocycles. The van der Waals surface area contributed by atoms with E-state index in [9.17, 15) is 4.79 Å². The molecule has 0 saturated carbocycles. The Morgan fingerprint density at radius 3 is 3.00 bits per heavy atom. The second-order valence-electron chi connectivity index (χ2n) is 6.39. The number of aromatic nitrogens is 2. The van der Waals surface area contributed by atoms with E-state index in [-0.39, 0.29) is 18.1 Å². The van der Waals surface area contributed by atoms with Crippen LogP contribution >= 0.6 is 11.8 Å². The summed E-state index contributed by atoms with van der Waals surface area (Å²) in [6.45, 7) is 0.709. The van der Waals surface area contributed by atoms with Gasteiger partial charge in [-0.2, -0.15) is 11.8 Å². The van der Waals surface area contributed by atoms with Crippen molar-refractivity contribution < 1.29 is 4.79 Å². The highest BCUT2D eigenvalue weighted by Crippen LogP contribution is 2.33. The molecular formula is C18H22N4OS. The van der Waals surface area contributed by atoms with Gasteiger partial charge in [0.15, 0.2) is 0 Å². The molecule has 1 aromatic heterocycles. The maximum Gasteiger partial charge on any atom is 0.318 e. The summed E-state index contributed by atoms with van der Waals surface area (Å²) in [5.74, 6) is 2.22. The van der Waals surface area contributed by atoms with Crippen molar-refractivity contribution in [2.45, 2.75) is 31.3 Å². The molecule has 2 atom stereocenters. The predicted molar refractivity (Wildman–Crippen MR) is 96.2 cm³/mol. The molecule has 0 aliphatic carbocycles. The molecule has 0 radical (unpaired) electrons. The molecule has 0 bridgehead atoms. The van der Waals surface area contributed by atoms with Gasteiger partial charge in [-0.1, -0.05) is 30.3 Å². The molecule has 2 aliphatic heterocycles. The van der Waals surface area contributed by atoms with Crippen molar-refractivity contribution in [3.05, 3.63) is 53.6 Å². The normalized spacial score (nSPS) is 23.6. The smallest absolute Gasteiger partial charge is 0.318 e. The third-order valence-corrected chi connectivity index (χ3v) is 6.00. The van der Waals surface area contributed by atoms with Gasteiger partial charge in [-0.05, 0) is 24.2 Å². The molecular weight excluding hydrogens is 320 g/mol. The number of carbonyl (C=O) groups excluding carboxylic acids is 1. The van der Waals surface area contributed by atoms with E-state index in [0.29, 0.717) is 6.54 Å². The van der Waals surface area contributed by atoms with Crippen LogP contribution in [0.4, 0.5) is 4.79 Å². The Labute approximate surface area is 146 Å². The van der Waals surface area contributed by atoms with Gasteiger partial charge in [-0.3, -0.25) is 0 Å². The molecule has 2 N–H and O–H groups in total. The predicted octanol–water partition coefficient (Wildman–Crippen LogP) is 2.96. The summed E-state index contributed by atoms with van der Waals surface area (Å²) < 4.78 is 0. The number of hydrogen-bond acceptors (Lipinski definition) is 3. The highest BCUT2D eigenvalue weighted by molar-refractivity contribution is 7.99. The Balaban J connectivity index is 1.60. The van der Waals surface area contributed by atoms with Gasteiger partial charge in [0.2, 0.25) is 0 Å². The summed E-state index contributed by atoms with van der Waals surface area (Å²) in [5.41, 5.74) is 3.22. The molecule has 2 amide bonds. The molecule has 126 valence electrons. The number of fused-ring (bicyclic) bond motifs is 1. The fourth-order valence-electron chi connectivity index (χ4n) is 3.58. The van der Waals surface area contributed by atoms with Crippen LogP contribution in [-0.2, 0) is 6.42 Å². The highest BCUT2D eigenvalue weighted by Gasteiger charge is 2.34. The first-order valence-corrected chi connectivity index (χ1v) is 9.70. The van der Waals surface area contributed by atoms with Crippen molar-refractivity contribution in [2.75, 3.05) is 18.1 Å². The number of thioether (sulfide) groups is 1. The number of carbonyl (C=O) groups is 1. The second kappa shape index (κ2) is 6.89. The van der Waals surface area contributed by atoms with Crippen molar-refractivity contribution in [1.29, 1.82) is 0 Å². The van der Waals surface area contributed by atoms with Crippen LogP contribution < -0.4 is 5.32 Å². The number of hydrogen-bond donors (Lipinski definition) is 2. The Morgan fingerprint density at radius 1 is 1.33 bits per heavy atom. The second-order valence-corrected chi connectivity index (χ2v) is 7.54. The van der Waals surface area contributed by atoms with Gasteiger partial charge < -0.3 is 15.2 Å². The Bertz CT molecular complexity index is 696. The number of urea groups is 1. The van der Waals surface area contributed by atoms with Crippen LogP contribution in [0.2, 0.25) is 0 Å². The Hall–Kier alpha value is -1.95. The fourth-order valence-corrected chi connectivity index (χ4v) is 4.65. The summed E-state index contributed by atoms with van der Waals surface area (Å²) in [6, 6.07) is 10.4. The Kier molecular flexibility index (Phi) is 4.47. The first-order chi connectivity index (χ1) is 11.8. The lowest BCUT2D eigenvalue weighted by Gasteiger charge is -2.36. The van der Waals surface area contributed by atoms with Gasteiger partial charge in [-0.25, -0.2) is 9.78 Å². The molecule has 2 aromatic rings. The maximum atomic E-state index is 12.9. The fraction of sp³-hybridized carbons (Fsp3) is 0.444. The first-order valence-electron chi connectivity index (χ1n) is 8.55. The van der Waals surface area contributed by atoms with E-state index in [0.717, 1.165) is 35.5 Å². The quantitative estimate of drug-likeness (QED) is 0.882. The number of imidazole rings is 1. The van der Waals surface area contributed by atoms with E-state index in [1.54, 1.807) is 6.33 Å². The molecule has 2 unspecified atom stereocenters. The van der Waals surface area contributed by atoms with E-state index in [1.165, 1.54) is 12.2 Å². The number of nitrogens with one attached hydrogen (secondary N) is 2. The van der Waals surface area contributed by atoms with Gasteiger partial charge in [0, 0.05) is 30.5 Å². The highest BCUT2D eigenvalue weighted by atomic mass is 32.2. The summed E-state index contributed by atoms with van der Waals surface area (Å²) in [7, 11) is 0. The standard InChI is InChI=1S/C18H22N4OS/c23-18(21-14-7-4-10-24-11-14)22-9-8-15-16(20-12-19-15)17(22)13-5-2-1-3-6-13/h1-3,5-6,12,14,17H,4,7-11H2,(H,19,20)(H,21,23). The number of aromatic amines is 1. The van der Waals surface area contributed by atoms with Crippen LogP contribution in [0.5, 0.6) is 0 Å². The average molecular weight is 342 g/mol. The molecule has 0 spiro atoms. The van der Waals surface area contributed by atoms with Crippen molar-refractivity contribution >= 4 is 17.8 Å². The van der Waals surface area contributed by atoms with Crippen LogP contribution in [0.25, 0.3) is 0 Å². The summed E-state index contributed by atoms with van der Waals surface area (Å²) in [6.07, 6.45) is 4.82. The third kappa shape index (κ3) is 3.02. The number of rotatable bonds is 2. The van der Waals surface area contributed by atoms with E-state index >= 15 is 0 Å². The monoisotopic (exact) mass is 342 g/mol. The zero-order valence-electron chi connectivity index (χ0n) is 13.6. The maximum absolute atomic E-state index is 12.9. The molecule has 6 heteroatoms. The minimum absolute atomic E-state index is 0.0324. The summed E-state index contributed by atoms with van der Waals surface area (Å²) in [4.78, 5) is 22.6. The lowest BCUT2D eigenvalue weighted by Crippen LogP contribution is -2.50. The van der Waals surface area contributed by atoms with Crippen LogP contribution in [0.3, 0.4) is 0 Å². The van der Waals surface area contributed by atoms with Crippen molar-refractivity contribution in [3.63, 3.8) is 0 Å². The molecule has 4 rings (SSSR count). The minimum atomic E-state index is -0.113. The molecule has 5 nitrogen and oxygen atoms in total. The van der Waals surface area contributed by atoms with Crippen molar-refractivity contribution in [1.82, 2.24) is 20.2 Å². The van der Waals surface area contributed by atoms with Crippen molar-refractivity contribution in [2.24, 2.45) is 0 Å². The van der Waals surface area contributed by atoms with E-state index in [4.69, 9.17) is 0 Å². The summed E-state index contributed by atoms with van der Waals surface area (Å²) in [5, 5.41) is 3.24. The molecule has 1 aromatic carbocycles. The van der Waals surface area contributed by atoms with Gasteiger partial charge in [0.1, 0.15) is 6.04 Å². The number of amides is 2. The summed E-state index contributed by atoms with van der Waals surface area (Å²) >= 11 is 1.93. The van der Waals surface area contributed by atoms with E-state index < -0.39 is 0 Å². The molecule has 2 aliphatic rings. The largest absolute Gasteiger partial charge is 0.348 e. The van der Waals surface area contributed by atoms with Gasteiger partial charge in [0.05, 0.1) is 12.0 Å². The van der Waals surface area contributed by atoms with Crippen LogP contribution in [0.15, 0.2) is 36.7 Å². The molecule has 24 heavy (non-hydrogen) atoms. The first kappa shape index (κ1) is 15.6. The number of H-pyrrole nitrogens is 1. The third-order valence-electron chi connectivity index (χ3n) is 4.79. The van der Waals surface area contributed by atoms with Gasteiger partial charge in [0.25, 0.3) is 0 Å². The lowest BCUT2D eigenvalue weighted by atomic mass is 9.96. The van der Waals surface area contributed by atoms with Crippen LogP contribution in [-0.4, -0.2) is 45.0 Å². The topological polar surface area (TPSA) is 61.0 Å². The van der Waals surface area contributed by atoms with E-state index in [2.05, 4.69) is 27.4 Å². The average Bonchev–Trinajstić information content (AvgIpc) is 3.11. The zero-order chi connectivity index (χ0) is 16.4. The van der Waals surface area contributed by atoms with Gasteiger partial charge in [-0.15, -0.1) is 0 Å². The minimum Gasteiger partial charge on any atom is -0.348 e. The van der Waals surface area contributed by atoms with Crippen LogP contribution in [0, 0.1) is 0 Å². The number of nitrogens with zero attached hydrogens (tertiary/aromatic N) is 2. The van der Waals surface area contributed by atoms with Crippen LogP contribution in [0.1, 0.15) is 35.8 Å². The number of benzene rings is 1. The van der Waals surface area contributed by atoms with Gasteiger partial charge >= 0.3 is 6.03 Å². The molecule has 3 heterocycles. The van der Waals surface area contributed by atoms with Crippen molar-refractivity contribution in [3.8, 4) is 0 Å².